The summed E-state index contributed by atoms with van der Waals surface area (Å²) in [5.74, 6) is 0.562. The Kier molecular flexibility index (Phi) is 4.74. The van der Waals surface area contributed by atoms with Crippen molar-refractivity contribution in [3.05, 3.63) is 58.1 Å². The highest BCUT2D eigenvalue weighted by Crippen LogP contribution is 2.46. The van der Waals surface area contributed by atoms with Crippen LogP contribution in [0.4, 0.5) is 10.5 Å². The summed E-state index contributed by atoms with van der Waals surface area (Å²) < 4.78 is 21.6. The summed E-state index contributed by atoms with van der Waals surface area (Å²) >= 11 is 0. The largest absolute Gasteiger partial charge is 0.357 e. The lowest BCUT2D eigenvalue weighted by atomic mass is 9.97. The highest BCUT2D eigenvalue weighted by atomic mass is 32.2. The van der Waals surface area contributed by atoms with E-state index in [0.717, 1.165) is 57.1 Å². The maximum absolute atomic E-state index is 13.9. The monoisotopic (exact) mass is 449 g/mol. The fraction of sp³-hybridized carbons (Fsp3) is 0.500. The van der Waals surface area contributed by atoms with Gasteiger partial charge in [0.15, 0.2) is 0 Å². The summed E-state index contributed by atoms with van der Waals surface area (Å²) in [5, 5.41) is 0. The van der Waals surface area contributed by atoms with E-state index in [0.29, 0.717) is 10.8 Å². The van der Waals surface area contributed by atoms with Crippen LogP contribution >= 0.6 is 0 Å². The first-order valence-electron chi connectivity index (χ1n) is 12.1. The van der Waals surface area contributed by atoms with Gasteiger partial charge in [-0.15, -0.1) is 4.36 Å². The second kappa shape index (κ2) is 7.42. The molecule has 6 heteroatoms. The van der Waals surface area contributed by atoms with Gasteiger partial charge in [-0.3, -0.25) is 4.90 Å². The number of hydrogen-bond donors (Lipinski definition) is 1. The second-order valence-electron chi connectivity index (χ2n) is 10.2. The Morgan fingerprint density at radius 2 is 1.72 bits per heavy atom. The number of urea groups is 1. The number of aryl methyl sites for hydroxylation is 2. The van der Waals surface area contributed by atoms with Crippen molar-refractivity contribution >= 4 is 21.6 Å². The van der Waals surface area contributed by atoms with Crippen molar-refractivity contribution in [1.82, 2.24) is 4.72 Å². The van der Waals surface area contributed by atoms with Crippen molar-refractivity contribution in [2.75, 3.05) is 4.90 Å². The molecule has 1 heterocycles. The maximum Gasteiger partial charge on any atom is 0.357 e. The number of nitrogens with zero attached hydrogens (tertiary/aromatic N) is 2. The Balaban J connectivity index is 1.42. The van der Waals surface area contributed by atoms with Gasteiger partial charge in [-0.2, -0.15) is 0 Å². The number of nitrogens with one attached hydrogen (secondary N) is 1. The summed E-state index contributed by atoms with van der Waals surface area (Å²) in [7, 11) is -2.99. The topological polar surface area (TPSA) is 61.8 Å². The van der Waals surface area contributed by atoms with E-state index in [1.54, 1.807) is 0 Å². The number of anilines is 1. The predicted molar refractivity (Wildman–Crippen MR) is 128 cm³/mol. The van der Waals surface area contributed by atoms with Gasteiger partial charge in [0, 0.05) is 6.04 Å². The molecule has 0 bridgehead atoms. The van der Waals surface area contributed by atoms with Gasteiger partial charge in [0.25, 0.3) is 0 Å². The molecule has 3 unspecified atom stereocenters. The standard InChI is InChI=1S/C26H31N3O2S/c1-16(2)13-17-9-11-20(12-10-17)32(31)27-23-15-24(23)29(26(30)28-32)25-21-7-3-5-18(21)14-19-6-4-8-22(19)25/h9-12,14,16,23-24H,3-8,13,15H2,1-2H3,(H,27,28,30,31). The van der Waals surface area contributed by atoms with E-state index >= 15 is 0 Å². The molecule has 0 radical (unpaired) electrons. The van der Waals surface area contributed by atoms with Crippen LogP contribution in [0.3, 0.4) is 0 Å². The average Bonchev–Trinajstić information content (AvgIpc) is 3.12. The third-order valence-corrected chi connectivity index (χ3v) is 9.33. The molecule has 1 fully saturated rings. The van der Waals surface area contributed by atoms with Gasteiger partial charge in [-0.25, -0.2) is 13.7 Å². The molecule has 2 amide bonds. The molecule has 1 aliphatic heterocycles. The predicted octanol–water partition coefficient (Wildman–Crippen LogP) is 4.98. The molecule has 2 aromatic carbocycles. The van der Waals surface area contributed by atoms with Crippen LogP contribution in [0.1, 0.15) is 60.9 Å². The molecule has 0 spiro atoms. The van der Waals surface area contributed by atoms with Crippen molar-refractivity contribution < 1.29 is 9.00 Å². The number of hydrogen-bond acceptors (Lipinski definition) is 2. The summed E-state index contributed by atoms with van der Waals surface area (Å²) in [6.45, 7) is 4.38. The Labute approximate surface area is 190 Å². The minimum absolute atomic E-state index is 0.0300. The molecule has 1 saturated carbocycles. The smallest absolute Gasteiger partial charge is 0.287 e. The fourth-order valence-corrected chi connectivity index (χ4v) is 7.63. The molecule has 168 valence electrons. The van der Waals surface area contributed by atoms with E-state index in [2.05, 4.69) is 29.0 Å². The molecule has 32 heavy (non-hydrogen) atoms. The van der Waals surface area contributed by atoms with Gasteiger partial charge in [-0.1, -0.05) is 32.0 Å². The first-order valence-corrected chi connectivity index (χ1v) is 13.6. The quantitative estimate of drug-likeness (QED) is 0.716. The number of amides is 2. The maximum atomic E-state index is 13.9. The van der Waals surface area contributed by atoms with E-state index in [-0.39, 0.29) is 18.1 Å². The number of fused-ring (bicyclic) bond motifs is 3. The molecule has 5 nitrogen and oxygen atoms in total. The number of benzene rings is 2. The number of carbonyl (C=O) groups excluding carboxylic acids is 1. The highest BCUT2D eigenvalue weighted by Gasteiger charge is 2.50. The van der Waals surface area contributed by atoms with Gasteiger partial charge < -0.3 is 0 Å². The normalized spacial score (nSPS) is 28.2. The van der Waals surface area contributed by atoms with Crippen LogP contribution in [0, 0.1) is 5.92 Å². The molecular formula is C26H31N3O2S. The Morgan fingerprint density at radius 3 is 2.34 bits per heavy atom. The Bertz CT molecular complexity index is 1190. The molecule has 2 aromatic rings. The van der Waals surface area contributed by atoms with Crippen molar-refractivity contribution in [1.29, 1.82) is 0 Å². The minimum atomic E-state index is -2.99. The summed E-state index contributed by atoms with van der Waals surface area (Å²) in [6.07, 6.45) is 8.36. The zero-order valence-electron chi connectivity index (χ0n) is 18.9. The van der Waals surface area contributed by atoms with Crippen molar-refractivity contribution in [3.8, 4) is 0 Å². The van der Waals surface area contributed by atoms with Crippen LogP contribution in [-0.4, -0.2) is 22.3 Å². The molecule has 0 saturated heterocycles. The molecule has 1 N–H and O–H groups in total. The van der Waals surface area contributed by atoms with Crippen LogP contribution in [0.15, 0.2) is 39.6 Å². The van der Waals surface area contributed by atoms with E-state index < -0.39 is 9.92 Å². The van der Waals surface area contributed by atoms with E-state index in [1.807, 2.05) is 29.2 Å². The zero-order chi connectivity index (χ0) is 22.0. The van der Waals surface area contributed by atoms with Crippen molar-refractivity contribution in [2.24, 2.45) is 10.3 Å². The van der Waals surface area contributed by atoms with Gasteiger partial charge >= 0.3 is 6.03 Å². The lowest BCUT2D eigenvalue weighted by Gasteiger charge is -2.26. The number of carbonyl (C=O) groups is 1. The van der Waals surface area contributed by atoms with Crippen molar-refractivity contribution in [2.45, 2.75) is 82.2 Å². The molecular weight excluding hydrogens is 418 g/mol. The fourth-order valence-electron chi connectivity index (χ4n) is 5.86. The summed E-state index contributed by atoms with van der Waals surface area (Å²) in [6, 6.07) is 9.94. The summed E-state index contributed by atoms with van der Waals surface area (Å²) in [5.41, 5.74) is 7.82. The SMILES string of the molecule is CC(C)Cc1ccc(S2(=O)=NC(=O)N(c3c4c(cc5c3CCC5)CCC4)C3CC3N2)cc1. The first-order chi connectivity index (χ1) is 15.4. The molecule has 3 atom stereocenters. The van der Waals surface area contributed by atoms with Crippen LogP contribution in [0.25, 0.3) is 0 Å². The number of rotatable bonds is 4. The molecule has 3 aliphatic carbocycles. The van der Waals surface area contributed by atoms with Gasteiger partial charge in [0.05, 0.1) is 16.6 Å². The molecule has 4 aliphatic rings. The van der Waals surface area contributed by atoms with Gasteiger partial charge in [0.2, 0.25) is 0 Å². The summed E-state index contributed by atoms with van der Waals surface area (Å²) in [4.78, 5) is 16.1. The third-order valence-electron chi connectivity index (χ3n) is 7.38. The zero-order valence-corrected chi connectivity index (χ0v) is 19.7. The first kappa shape index (κ1) is 20.4. The van der Waals surface area contributed by atoms with Crippen LogP contribution in [0.2, 0.25) is 0 Å². The molecule has 0 aromatic heterocycles. The Morgan fingerprint density at radius 1 is 1.06 bits per heavy atom. The van der Waals surface area contributed by atoms with Crippen molar-refractivity contribution in [3.63, 3.8) is 0 Å². The lowest BCUT2D eigenvalue weighted by Crippen LogP contribution is -2.34. The van der Waals surface area contributed by atoms with Crippen LogP contribution < -0.4 is 9.62 Å². The highest BCUT2D eigenvalue weighted by molar-refractivity contribution is 7.92. The lowest BCUT2D eigenvalue weighted by molar-refractivity contribution is 0.254. The average molecular weight is 450 g/mol. The Hall–Kier alpha value is -2.18. The van der Waals surface area contributed by atoms with Gasteiger partial charge in [-0.05, 0) is 97.2 Å². The van der Waals surface area contributed by atoms with Gasteiger partial charge in [0.1, 0.15) is 9.92 Å². The van der Waals surface area contributed by atoms with Crippen LogP contribution in [0.5, 0.6) is 0 Å². The van der Waals surface area contributed by atoms with E-state index in [1.165, 1.54) is 27.8 Å². The van der Waals surface area contributed by atoms with Crippen LogP contribution in [-0.2, 0) is 42.0 Å². The van der Waals surface area contributed by atoms with E-state index in [9.17, 15) is 9.00 Å². The van der Waals surface area contributed by atoms with E-state index in [4.69, 9.17) is 0 Å². The minimum Gasteiger partial charge on any atom is -0.287 e. The second-order valence-corrected chi connectivity index (χ2v) is 12.2. The third kappa shape index (κ3) is 3.30. The molecule has 6 rings (SSSR count).